The van der Waals surface area contributed by atoms with Gasteiger partial charge in [-0.1, -0.05) is 17.7 Å². The minimum Gasteiger partial charge on any atom is -0.458 e. The molecule has 1 aromatic heterocycles. The van der Waals surface area contributed by atoms with Crippen LogP contribution in [0.3, 0.4) is 0 Å². The fraction of sp³-hybridized carbons (Fsp3) is 0.154. The van der Waals surface area contributed by atoms with E-state index >= 15 is 0 Å². The number of carbonyl (C=O) groups excluding carboxylic acids is 1. The van der Waals surface area contributed by atoms with Crippen molar-refractivity contribution in [2.45, 2.75) is 13.8 Å². The van der Waals surface area contributed by atoms with Crippen molar-refractivity contribution in [3.8, 4) is 0 Å². The van der Waals surface area contributed by atoms with Crippen LogP contribution < -0.4 is 0 Å². The summed E-state index contributed by atoms with van der Waals surface area (Å²) in [4.78, 5) is 12.0. The van der Waals surface area contributed by atoms with Crippen LogP contribution in [0.15, 0.2) is 34.7 Å². The summed E-state index contributed by atoms with van der Waals surface area (Å²) in [5.74, 6) is 0.855. The summed E-state index contributed by atoms with van der Waals surface area (Å²) in [7, 11) is 0. The van der Waals surface area contributed by atoms with E-state index in [2.05, 4.69) is 0 Å². The van der Waals surface area contributed by atoms with E-state index in [1.807, 2.05) is 13.0 Å². The molecular weight excluding hydrogens is 224 g/mol. The first-order chi connectivity index (χ1) is 7.58. The Morgan fingerprint density at radius 1 is 1.19 bits per heavy atom. The van der Waals surface area contributed by atoms with Gasteiger partial charge >= 0.3 is 0 Å². The monoisotopic (exact) mass is 234 g/mol. The molecule has 0 saturated heterocycles. The van der Waals surface area contributed by atoms with Gasteiger partial charge in [0.05, 0.1) is 5.02 Å². The fourth-order valence-corrected chi connectivity index (χ4v) is 1.81. The standard InChI is InChI=1S/C13H11ClO2/c1-8-3-5-10(11(14)7-8)13(15)12-6-4-9(2)16-12/h3-7H,1-2H3. The van der Waals surface area contributed by atoms with Gasteiger partial charge in [-0.2, -0.15) is 0 Å². The summed E-state index contributed by atoms with van der Waals surface area (Å²) in [6.45, 7) is 3.73. The minimum atomic E-state index is -0.182. The Kier molecular flexibility index (Phi) is 2.84. The van der Waals surface area contributed by atoms with Crippen LogP contribution in [0.4, 0.5) is 0 Å². The Hall–Kier alpha value is -1.54. The highest BCUT2D eigenvalue weighted by Crippen LogP contribution is 2.21. The highest BCUT2D eigenvalue weighted by atomic mass is 35.5. The molecule has 2 nitrogen and oxygen atoms in total. The van der Waals surface area contributed by atoms with Crippen LogP contribution in [-0.2, 0) is 0 Å². The topological polar surface area (TPSA) is 30.2 Å². The molecule has 0 spiro atoms. The molecule has 16 heavy (non-hydrogen) atoms. The first-order valence-electron chi connectivity index (χ1n) is 4.95. The van der Waals surface area contributed by atoms with Gasteiger partial charge in [0, 0.05) is 5.56 Å². The Balaban J connectivity index is 2.41. The number of carbonyl (C=O) groups is 1. The number of benzene rings is 1. The van der Waals surface area contributed by atoms with Crippen LogP contribution in [0.2, 0.25) is 5.02 Å². The predicted molar refractivity (Wildman–Crippen MR) is 63.1 cm³/mol. The smallest absolute Gasteiger partial charge is 0.229 e. The van der Waals surface area contributed by atoms with Gasteiger partial charge in [-0.05, 0) is 43.7 Å². The van der Waals surface area contributed by atoms with E-state index in [4.69, 9.17) is 16.0 Å². The van der Waals surface area contributed by atoms with Gasteiger partial charge in [-0.3, -0.25) is 4.79 Å². The lowest BCUT2D eigenvalue weighted by molar-refractivity contribution is 0.101. The average molecular weight is 235 g/mol. The van der Waals surface area contributed by atoms with Gasteiger partial charge in [-0.25, -0.2) is 0 Å². The summed E-state index contributed by atoms with van der Waals surface area (Å²) in [5.41, 5.74) is 1.50. The number of hydrogen-bond donors (Lipinski definition) is 0. The molecule has 0 radical (unpaired) electrons. The maximum absolute atomic E-state index is 12.0. The number of hydrogen-bond acceptors (Lipinski definition) is 2. The van der Waals surface area contributed by atoms with Crippen molar-refractivity contribution >= 4 is 17.4 Å². The zero-order valence-corrected chi connectivity index (χ0v) is 9.84. The molecule has 0 unspecified atom stereocenters. The second kappa shape index (κ2) is 4.14. The van der Waals surface area contributed by atoms with E-state index in [1.165, 1.54) is 0 Å². The second-order valence-electron chi connectivity index (χ2n) is 3.72. The SMILES string of the molecule is Cc1ccc(C(=O)c2ccc(C)o2)c(Cl)c1. The van der Waals surface area contributed by atoms with Crippen molar-refractivity contribution in [1.29, 1.82) is 0 Å². The van der Waals surface area contributed by atoms with E-state index in [9.17, 15) is 4.79 Å². The first kappa shape index (κ1) is 11.0. The number of ketones is 1. The van der Waals surface area contributed by atoms with E-state index < -0.39 is 0 Å². The number of furan rings is 1. The van der Waals surface area contributed by atoms with Crippen LogP contribution >= 0.6 is 11.6 Å². The fourth-order valence-electron chi connectivity index (χ4n) is 1.49. The molecule has 0 aliphatic heterocycles. The highest BCUT2D eigenvalue weighted by molar-refractivity contribution is 6.34. The normalized spacial score (nSPS) is 10.4. The van der Waals surface area contributed by atoms with Gasteiger partial charge in [0.15, 0.2) is 5.76 Å². The summed E-state index contributed by atoms with van der Waals surface area (Å²) in [6.07, 6.45) is 0. The maximum Gasteiger partial charge on any atom is 0.229 e. The van der Waals surface area contributed by atoms with Gasteiger partial charge < -0.3 is 4.42 Å². The molecule has 0 saturated carbocycles. The van der Waals surface area contributed by atoms with Crippen LogP contribution in [-0.4, -0.2) is 5.78 Å². The predicted octanol–water partition coefficient (Wildman–Crippen LogP) is 3.78. The number of rotatable bonds is 2. The molecule has 2 rings (SSSR count). The van der Waals surface area contributed by atoms with Gasteiger partial charge in [-0.15, -0.1) is 0 Å². The van der Waals surface area contributed by atoms with Crippen molar-refractivity contribution < 1.29 is 9.21 Å². The Bertz CT molecular complexity index is 541. The molecule has 0 aliphatic rings. The molecule has 2 aromatic rings. The average Bonchev–Trinajstić information content (AvgIpc) is 2.64. The Morgan fingerprint density at radius 3 is 2.50 bits per heavy atom. The molecule has 1 heterocycles. The van der Waals surface area contributed by atoms with Crippen LogP contribution in [0, 0.1) is 13.8 Å². The van der Waals surface area contributed by atoms with Crippen LogP contribution in [0.1, 0.15) is 27.4 Å². The van der Waals surface area contributed by atoms with Crippen molar-refractivity contribution in [1.82, 2.24) is 0 Å². The van der Waals surface area contributed by atoms with Gasteiger partial charge in [0.2, 0.25) is 5.78 Å². The van der Waals surface area contributed by atoms with E-state index in [0.29, 0.717) is 22.1 Å². The summed E-state index contributed by atoms with van der Waals surface area (Å²) >= 11 is 6.02. The van der Waals surface area contributed by atoms with Crippen molar-refractivity contribution in [2.24, 2.45) is 0 Å². The third-order valence-electron chi connectivity index (χ3n) is 2.33. The first-order valence-corrected chi connectivity index (χ1v) is 5.33. The summed E-state index contributed by atoms with van der Waals surface area (Å²) in [6, 6.07) is 8.76. The van der Waals surface area contributed by atoms with Crippen LogP contribution in [0.25, 0.3) is 0 Å². The van der Waals surface area contributed by atoms with Gasteiger partial charge in [0.1, 0.15) is 5.76 Å². The van der Waals surface area contributed by atoms with E-state index in [0.717, 1.165) is 5.56 Å². The second-order valence-corrected chi connectivity index (χ2v) is 4.13. The van der Waals surface area contributed by atoms with Crippen LogP contribution in [0.5, 0.6) is 0 Å². The molecule has 0 fully saturated rings. The number of halogens is 1. The van der Waals surface area contributed by atoms with Crippen molar-refractivity contribution in [3.63, 3.8) is 0 Å². The van der Waals surface area contributed by atoms with E-state index in [-0.39, 0.29) is 5.78 Å². The van der Waals surface area contributed by atoms with Crippen molar-refractivity contribution in [3.05, 3.63) is 58.0 Å². The lowest BCUT2D eigenvalue weighted by atomic mass is 10.1. The molecule has 0 atom stereocenters. The minimum absolute atomic E-state index is 0.182. The zero-order chi connectivity index (χ0) is 11.7. The Labute approximate surface area is 98.8 Å². The Morgan fingerprint density at radius 2 is 1.94 bits per heavy atom. The van der Waals surface area contributed by atoms with Crippen molar-refractivity contribution in [2.75, 3.05) is 0 Å². The maximum atomic E-state index is 12.0. The largest absolute Gasteiger partial charge is 0.458 e. The zero-order valence-electron chi connectivity index (χ0n) is 9.08. The molecule has 3 heteroatoms. The molecule has 0 aliphatic carbocycles. The summed E-state index contributed by atoms with van der Waals surface area (Å²) in [5, 5.41) is 0.457. The quantitative estimate of drug-likeness (QED) is 0.741. The molecule has 0 bridgehead atoms. The molecule has 1 aromatic carbocycles. The molecule has 0 N–H and O–H groups in total. The molecular formula is C13H11ClO2. The molecule has 82 valence electrons. The molecule has 0 amide bonds. The lowest BCUT2D eigenvalue weighted by Gasteiger charge is -2.02. The lowest BCUT2D eigenvalue weighted by Crippen LogP contribution is -2.00. The number of aryl methyl sites for hydroxylation is 2. The highest BCUT2D eigenvalue weighted by Gasteiger charge is 2.15. The third kappa shape index (κ3) is 2.02. The summed E-state index contributed by atoms with van der Waals surface area (Å²) < 4.78 is 5.28. The third-order valence-corrected chi connectivity index (χ3v) is 2.65. The van der Waals surface area contributed by atoms with E-state index in [1.54, 1.807) is 31.2 Å². The van der Waals surface area contributed by atoms with Gasteiger partial charge in [0.25, 0.3) is 0 Å².